The topological polar surface area (TPSA) is 78.1 Å². The van der Waals surface area contributed by atoms with Crippen molar-refractivity contribution < 1.29 is 23.7 Å². The molecule has 4 atom stereocenters. The number of carbonyl (C=O) groups excluding carboxylic acids is 1. The van der Waals surface area contributed by atoms with Gasteiger partial charge in [0.1, 0.15) is 18.3 Å². The van der Waals surface area contributed by atoms with Gasteiger partial charge in [0.15, 0.2) is 12.1 Å². The lowest BCUT2D eigenvalue weighted by atomic mass is 10.1. The Bertz CT molecular complexity index is 760. The zero-order chi connectivity index (χ0) is 25.1. The van der Waals surface area contributed by atoms with E-state index in [2.05, 4.69) is 17.6 Å². The molecule has 0 aromatic heterocycles. The minimum Gasteiger partial charge on any atom is -0.373 e. The van der Waals surface area contributed by atoms with Crippen LogP contribution in [0.25, 0.3) is 0 Å². The monoisotopic (exact) mass is 510 g/mol. The van der Waals surface area contributed by atoms with Crippen LogP contribution in [0.2, 0.25) is 5.02 Å². The average Bonchev–Trinajstić information content (AvgIpc) is 3.29. The van der Waals surface area contributed by atoms with E-state index in [9.17, 15) is 4.79 Å². The molecule has 0 saturated carbocycles. The third-order valence-electron chi connectivity index (χ3n) is 6.46. The second-order valence-corrected chi connectivity index (χ2v) is 10.4. The van der Waals surface area contributed by atoms with E-state index in [0.717, 1.165) is 12.8 Å². The summed E-state index contributed by atoms with van der Waals surface area (Å²) in [5.41, 5.74) is 0.665. The molecule has 2 fully saturated rings. The SMILES string of the molecule is CCCCCCCCCCCCO[C@H]1[C@H]2OC(C)(C)O[C@H]2O[C@@H]1CNC(=O)Nc1ccc(Cl)cc1. The van der Waals surface area contributed by atoms with Crippen LogP contribution in [0.5, 0.6) is 0 Å². The van der Waals surface area contributed by atoms with Gasteiger partial charge in [-0.25, -0.2) is 4.79 Å². The molecule has 2 aliphatic rings. The number of carbonyl (C=O) groups is 1. The molecule has 8 heteroatoms. The van der Waals surface area contributed by atoms with E-state index in [4.69, 9.17) is 30.5 Å². The van der Waals surface area contributed by atoms with Crippen molar-refractivity contribution in [1.29, 1.82) is 0 Å². The Labute approximate surface area is 215 Å². The number of unbranched alkanes of at least 4 members (excludes halogenated alkanes) is 9. The predicted molar refractivity (Wildman–Crippen MR) is 139 cm³/mol. The summed E-state index contributed by atoms with van der Waals surface area (Å²) in [5, 5.41) is 6.28. The molecule has 2 amide bonds. The van der Waals surface area contributed by atoms with Gasteiger partial charge < -0.3 is 29.6 Å². The number of amides is 2. The highest BCUT2D eigenvalue weighted by atomic mass is 35.5. The van der Waals surface area contributed by atoms with E-state index < -0.39 is 12.1 Å². The Morgan fingerprint density at radius 1 is 0.971 bits per heavy atom. The molecular formula is C27H43ClN2O5. The molecule has 0 bridgehead atoms. The molecule has 2 aliphatic heterocycles. The molecule has 7 nitrogen and oxygen atoms in total. The molecule has 3 rings (SSSR count). The van der Waals surface area contributed by atoms with Crippen LogP contribution in [0.3, 0.4) is 0 Å². The fourth-order valence-electron chi connectivity index (χ4n) is 4.62. The van der Waals surface area contributed by atoms with Crippen LogP contribution in [-0.4, -0.2) is 49.6 Å². The van der Waals surface area contributed by atoms with E-state index in [0.29, 0.717) is 23.9 Å². The molecule has 0 unspecified atom stereocenters. The van der Waals surface area contributed by atoms with Crippen LogP contribution >= 0.6 is 11.6 Å². The first-order valence-corrected chi connectivity index (χ1v) is 13.7. The van der Waals surface area contributed by atoms with Gasteiger partial charge in [-0.3, -0.25) is 0 Å². The van der Waals surface area contributed by atoms with Gasteiger partial charge in [0.2, 0.25) is 0 Å². The number of nitrogens with one attached hydrogen (secondary N) is 2. The van der Waals surface area contributed by atoms with Crippen LogP contribution in [0.15, 0.2) is 24.3 Å². The first-order valence-electron chi connectivity index (χ1n) is 13.3. The van der Waals surface area contributed by atoms with E-state index in [1.54, 1.807) is 24.3 Å². The summed E-state index contributed by atoms with van der Waals surface area (Å²) in [5.74, 6) is -0.710. The maximum absolute atomic E-state index is 12.4. The average molecular weight is 511 g/mol. The van der Waals surface area contributed by atoms with Crippen LogP contribution in [0.4, 0.5) is 10.5 Å². The lowest BCUT2D eigenvalue weighted by Crippen LogP contribution is -2.44. The molecule has 0 spiro atoms. The number of anilines is 1. The highest BCUT2D eigenvalue weighted by molar-refractivity contribution is 6.30. The van der Waals surface area contributed by atoms with Gasteiger partial charge in [0.05, 0.1) is 0 Å². The summed E-state index contributed by atoms with van der Waals surface area (Å²) in [4.78, 5) is 12.4. The maximum atomic E-state index is 12.4. The molecule has 1 aromatic rings. The highest BCUT2D eigenvalue weighted by Gasteiger charge is 2.55. The lowest BCUT2D eigenvalue weighted by molar-refractivity contribution is -0.217. The zero-order valence-corrected chi connectivity index (χ0v) is 22.3. The van der Waals surface area contributed by atoms with Crippen molar-refractivity contribution in [1.82, 2.24) is 5.32 Å². The van der Waals surface area contributed by atoms with Crippen molar-refractivity contribution in [2.45, 2.75) is 115 Å². The summed E-state index contributed by atoms with van der Waals surface area (Å²) in [6.07, 6.45) is 11.3. The van der Waals surface area contributed by atoms with Gasteiger partial charge in [0, 0.05) is 23.9 Å². The zero-order valence-electron chi connectivity index (χ0n) is 21.5. The number of benzene rings is 1. The van der Waals surface area contributed by atoms with E-state index >= 15 is 0 Å². The van der Waals surface area contributed by atoms with Crippen molar-refractivity contribution in [2.24, 2.45) is 0 Å². The Hall–Kier alpha value is -1.38. The second-order valence-electron chi connectivity index (χ2n) is 10.0. The van der Waals surface area contributed by atoms with Crippen molar-refractivity contribution >= 4 is 23.3 Å². The van der Waals surface area contributed by atoms with Gasteiger partial charge in [-0.1, -0.05) is 76.3 Å². The Morgan fingerprint density at radius 3 is 2.26 bits per heavy atom. The number of rotatable bonds is 15. The minimum absolute atomic E-state index is 0.294. The van der Waals surface area contributed by atoms with Gasteiger partial charge >= 0.3 is 6.03 Å². The van der Waals surface area contributed by atoms with Crippen LogP contribution in [-0.2, 0) is 18.9 Å². The molecule has 35 heavy (non-hydrogen) atoms. The number of ether oxygens (including phenoxy) is 4. The third-order valence-corrected chi connectivity index (χ3v) is 6.71. The van der Waals surface area contributed by atoms with Crippen molar-refractivity contribution in [3.8, 4) is 0 Å². The number of hydrogen-bond acceptors (Lipinski definition) is 5. The van der Waals surface area contributed by atoms with Gasteiger partial charge in [-0.2, -0.15) is 0 Å². The molecule has 2 saturated heterocycles. The minimum atomic E-state index is -0.710. The molecule has 0 radical (unpaired) electrons. The predicted octanol–water partition coefficient (Wildman–Crippen LogP) is 6.64. The normalized spacial score (nSPS) is 24.9. The Morgan fingerprint density at radius 2 is 1.60 bits per heavy atom. The standard InChI is InChI=1S/C27H43ClN2O5/c1-4-5-6-7-8-9-10-11-12-13-18-32-23-22(33-25-24(23)34-27(2,3)35-25)19-29-26(31)30-21-16-14-20(28)15-17-21/h14-17,22-25H,4-13,18-19H2,1-3H3,(H2,29,30,31)/t22-,23-,24-,25-/m1/s1. The first kappa shape index (κ1) is 28.2. The molecule has 2 heterocycles. The van der Waals surface area contributed by atoms with Crippen LogP contribution in [0, 0.1) is 0 Å². The highest BCUT2D eigenvalue weighted by Crippen LogP contribution is 2.38. The lowest BCUT2D eigenvalue weighted by Gasteiger charge is -2.26. The Kier molecular flexibility index (Phi) is 11.6. The number of fused-ring (bicyclic) bond motifs is 1. The van der Waals surface area contributed by atoms with Gasteiger partial charge in [-0.15, -0.1) is 0 Å². The van der Waals surface area contributed by atoms with E-state index in [1.165, 1.54) is 51.4 Å². The number of halogens is 1. The fourth-order valence-corrected chi connectivity index (χ4v) is 4.75. The van der Waals surface area contributed by atoms with Crippen LogP contribution < -0.4 is 10.6 Å². The summed E-state index contributed by atoms with van der Waals surface area (Å²) in [6.45, 7) is 6.94. The first-order chi connectivity index (χ1) is 16.9. The van der Waals surface area contributed by atoms with Crippen LogP contribution in [0.1, 0.15) is 85.0 Å². The third kappa shape index (κ3) is 9.54. The molecular weight excluding hydrogens is 468 g/mol. The van der Waals surface area contributed by atoms with Gasteiger partial charge in [0.25, 0.3) is 0 Å². The second kappa shape index (κ2) is 14.4. The smallest absolute Gasteiger partial charge is 0.319 e. The number of hydrogen-bond donors (Lipinski definition) is 2. The number of urea groups is 1. The Balaban J connectivity index is 1.37. The van der Waals surface area contributed by atoms with Crippen molar-refractivity contribution in [2.75, 3.05) is 18.5 Å². The van der Waals surface area contributed by atoms with Crippen molar-refractivity contribution in [3.63, 3.8) is 0 Å². The summed E-state index contributed by atoms with van der Waals surface area (Å²) >= 11 is 5.90. The molecule has 1 aromatic carbocycles. The maximum Gasteiger partial charge on any atom is 0.319 e. The van der Waals surface area contributed by atoms with Crippen molar-refractivity contribution in [3.05, 3.63) is 29.3 Å². The van der Waals surface area contributed by atoms with E-state index in [-0.39, 0.29) is 24.3 Å². The summed E-state index contributed by atoms with van der Waals surface area (Å²) < 4.78 is 24.3. The molecule has 198 valence electrons. The summed E-state index contributed by atoms with van der Waals surface area (Å²) in [6, 6.07) is 6.64. The molecule has 2 N–H and O–H groups in total. The summed E-state index contributed by atoms with van der Waals surface area (Å²) in [7, 11) is 0. The largest absolute Gasteiger partial charge is 0.373 e. The molecule has 0 aliphatic carbocycles. The quantitative estimate of drug-likeness (QED) is 0.258. The van der Waals surface area contributed by atoms with E-state index in [1.807, 2.05) is 13.8 Å². The fraction of sp³-hybridized carbons (Fsp3) is 0.741. The van der Waals surface area contributed by atoms with Gasteiger partial charge in [-0.05, 0) is 44.5 Å².